The first-order valence-electron chi connectivity index (χ1n) is 5.86. The Bertz CT molecular complexity index is 562. The normalized spacial score (nSPS) is 16.9. The molecule has 1 aliphatic carbocycles. The fraction of sp³-hybridized carbons (Fsp3) is 0.385. The van der Waals surface area contributed by atoms with E-state index in [1.54, 1.807) is 0 Å². The third-order valence-electron chi connectivity index (χ3n) is 3.28. The molecule has 6 heteroatoms. The Kier molecular flexibility index (Phi) is 3.72. The maximum absolute atomic E-state index is 13.6. The lowest BCUT2D eigenvalue weighted by molar-refractivity contribution is 0.0916. The van der Waals surface area contributed by atoms with Crippen molar-refractivity contribution in [2.45, 2.75) is 31.2 Å². The van der Waals surface area contributed by atoms with Gasteiger partial charge < -0.3 is 5.32 Å². The SMILES string of the molecule is N#CC1(NC(=O)c2cc(F)c(Cl)cc2F)CCCC1. The topological polar surface area (TPSA) is 52.9 Å². The van der Waals surface area contributed by atoms with E-state index in [4.69, 9.17) is 16.9 Å². The summed E-state index contributed by atoms with van der Waals surface area (Å²) in [5, 5.41) is 11.2. The first kappa shape index (κ1) is 13.8. The van der Waals surface area contributed by atoms with Gasteiger partial charge in [-0.05, 0) is 37.8 Å². The minimum Gasteiger partial charge on any atom is -0.334 e. The van der Waals surface area contributed by atoms with E-state index >= 15 is 0 Å². The zero-order chi connectivity index (χ0) is 14.0. The molecular weight excluding hydrogens is 274 g/mol. The van der Waals surface area contributed by atoms with Gasteiger partial charge >= 0.3 is 0 Å². The molecule has 19 heavy (non-hydrogen) atoms. The monoisotopic (exact) mass is 284 g/mol. The fourth-order valence-corrected chi connectivity index (χ4v) is 2.37. The van der Waals surface area contributed by atoms with Crippen molar-refractivity contribution in [2.24, 2.45) is 0 Å². The molecule has 0 saturated heterocycles. The van der Waals surface area contributed by atoms with Crippen LogP contribution in [-0.2, 0) is 0 Å². The molecule has 0 spiro atoms. The number of benzene rings is 1. The lowest BCUT2D eigenvalue weighted by atomic mass is 9.99. The highest BCUT2D eigenvalue weighted by Gasteiger charge is 2.36. The van der Waals surface area contributed by atoms with Crippen molar-refractivity contribution in [3.05, 3.63) is 34.4 Å². The van der Waals surface area contributed by atoms with Crippen LogP contribution in [0.2, 0.25) is 5.02 Å². The lowest BCUT2D eigenvalue weighted by Crippen LogP contribution is -2.45. The van der Waals surface area contributed by atoms with E-state index in [1.165, 1.54) is 0 Å². The largest absolute Gasteiger partial charge is 0.334 e. The number of halogens is 3. The molecule has 1 fully saturated rings. The van der Waals surface area contributed by atoms with Gasteiger partial charge in [-0.25, -0.2) is 8.78 Å². The van der Waals surface area contributed by atoms with Crippen molar-refractivity contribution < 1.29 is 13.6 Å². The van der Waals surface area contributed by atoms with Crippen LogP contribution in [0.5, 0.6) is 0 Å². The van der Waals surface area contributed by atoms with Gasteiger partial charge in [0.2, 0.25) is 0 Å². The predicted molar refractivity (Wildman–Crippen MR) is 65.6 cm³/mol. The smallest absolute Gasteiger partial charge is 0.255 e. The molecule has 1 saturated carbocycles. The molecule has 0 aromatic heterocycles. The summed E-state index contributed by atoms with van der Waals surface area (Å²) in [6.07, 6.45) is 2.69. The number of nitrogens with one attached hydrogen (secondary N) is 1. The molecule has 1 aromatic rings. The number of rotatable bonds is 2. The summed E-state index contributed by atoms with van der Waals surface area (Å²) in [6, 6.07) is 3.54. The van der Waals surface area contributed by atoms with E-state index in [0.717, 1.165) is 25.0 Å². The van der Waals surface area contributed by atoms with Gasteiger partial charge in [0.05, 0.1) is 16.7 Å². The van der Waals surface area contributed by atoms with Gasteiger partial charge in [-0.15, -0.1) is 0 Å². The molecule has 1 aliphatic rings. The van der Waals surface area contributed by atoms with Crippen LogP contribution < -0.4 is 5.32 Å². The second-order valence-corrected chi connectivity index (χ2v) is 5.01. The van der Waals surface area contributed by atoms with Gasteiger partial charge in [0, 0.05) is 0 Å². The molecule has 1 aromatic carbocycles. The zero-order valence-corrected chi connectivity index (χ0v) is 10.7. The highest BCUT2D eigenvalue weighted by molar-refractivity contribution is 6.30. The van der Waals surface area contributed by atoms with Crippen molar-refractivity contribution in [3.8, 4) is 6.07 Å². The Morgan fingerprint density at radius 3 is 2.53 bits per heavy atom. The average Bonchev–Trinajstić information content (AvgIpc) is 2.83. The van der Waals surface area contributed by atoms with Crippen molar-refractivity contribution >= 4 is 17.5 Å². The summed E-state index contributed by atoms with van der Waals surface area (Å²) in [6.45, 7) is 0. The summed E-state index contributed by atoms with van der Waals surface area (Å²) in [7, 11) is 0. The third-order valence-corrected chi connectivity index (χ3v) is 3.57. The molecule has 2 rings (SSSR count). The number of hydrogen-bond donors (Lipinski definition) is 1. The van der Waals surface area contributed by atoms with E-state index in [2.05, 4.69) is 5.32 Å². The van der Waals surface area contributed by atoms with E-state index in [-0.39, 0.29) is 5.02 Å². The second kappa shape index (κ2) is 5.14. The van der Waals surface area contributed by atoms with Crippen LogP contribution in [0, 0.1) is 23.0 Å². The van der Waals surface area contributed by atoms with Crippen molar-refractivity contribution in [1.82, 2.24) is 5.32 Å². The highest BCUT2D eigenvalue weighted by atomic mass is 35.5. The maximum atomic E-state index is 13.6. The van der Waals surface area contributed by atoms with Crippen molar-refractivity contribution in [3.63, 3.8) is 0 Å². The van der Waals surface area contributed by atoms with Crippen LogP contribution in [0.4, 0.5) is 8.78 Å². The molecule has 1 N–H and O–H groups in total. The first-order valence-corrected chi connectivity index (χ1v) is 6.23. The molecule has 0 atom stereocenters. The Morgan fingerprint density at radius 1 is 1.32 bits per heavy atom. The van der Waals surface area contributed by atoms with Gasteiger partial charge in [0.25, 0.3) is 5.91 Å². The van der Waals surface area contributed by atoms with Gasteiger partial charge in [0.15, 0.2) is 0 Å². The number of nitrogens with zero attached hydrogens (tertiary/aromatic N) is 1. The minimum atomic E-state index is -0.973. The molecular formula is C13H11ClF2N2O. The molecule has 0 bridgehead atoms. The van der Waals surface area contributed by atoms with Crippen LogP contribution in [0.1, 0.15) is 36.0 Å². The average molecular weight is 285 g/mol. The zero-order valence-electron chi connectivity index (χ0n) is 9.97. The number of carbonyl (C=O) groups is 1. The van der Waals surface area contributed by atoms with Gasteiger partial charge in [0.1, 0.15) is 17.2 Å². The van der Waals surface area contributed by atoms with Crippen LogP contribution in [-0.4, -0.2) is 11.4 Å². The minimum absolute atomic E-state index is 0.384. The molecule has 1 amide bonds. The van der Waals surface area contributed by atoms with Gasteiger partial charge in [-0.1, -0.05) is 11.6 Å². The van der Waals surface area contributed by atoms with Crippen molar-refractivity contribution in [2.75, 3.05) is 0 Å². The fourth-order valence-electron chi connectivity index (χ4n) is 2.22. The molecule has 0 aliphatic heterocycles. The number of hydrogen-bond acceptors (Lipinski definition) is 2. The standard InChI is InChI=1S/C13H11ClF2N2O/c14-9-6-10(15)8(5-11(9)16)12(19)18-13(7-17)3-1-2-4-13/h5-6H,1-4H2,(H,18,19). The maximum Gasteiger partial charge on any atom is 0.255 e. The van der Waals surface area contributed by atoms with Crippen LogP contribution in [0.25, 0.3) is 0 Å². The molecule has 0 unspecified atom stereocenters. The van der Waals surface area contributed by atoms with Gasteiger partial charge in [-0.3, -0.25) is 4.79 Å². The van der Waals surface area contributed by atoms with Crippen LogP contribution >= 0.6 is 11.6 Å². The molecule has 0 heterocycles. The summed E-state index contributed by atoms with van der Waals surface area (Å²) < 4.78 is 26.9. The van der Waals surface area contributed by atoms with Crippen LogP contribution in [0.3, 0.4) is 0 Å². The Hall–Kier alpha value is -1.67. The quantitative estimate of drug-likeness (QED) is 0.848. The van der Waals surface area contributed by atoms with E-state index in [1.807, 2.05) is 6.07 Å². The Morgan fingerprint density at radius 2 is 1.95 bits per heavy atom. The number of carbonyl (C=O) groups excluding carboxylic acids is 1. The van der Waals surface area contributed by atoms with Gasteiger partial charge in [-0.2, -0.15) is 5.26 Å². The summed E-state index contributed by atoms with van der Waals surface area (Å²) in [5.74, 6) is -2.57. The molecule has 3 nitrogen and oxygen atoms in total. The van der Waals surface area contributed by atoms with Crippen LogP contribution in [0.15, 0.2) is 12.1 Å². The lowest BCUT2D eigenvalue weighted by Gasteiger charge is -2.22. The number of nitriles is 1. The number of amides is 1. The Balaban J connectivity index is 2.26. The van der Waals surface area contributed by atoms with E-state index in [9.17, 15) is 13.6 Å². The van der Waals surface area contributed by atoms with E-state index in [0.29, 0.717) is 12.8 Å². The molecule has 0 radical (unpaired) electrons. The predicted octanol–water partition coefficient (Wildman–Crippen LogP) is 3.18. The highest BCUT2D eigenvalue weighted by Crippen LogP contribution is 2.29. The van der Waals surface area contributed by atoms with E-state index < -0.39 is 28.6 Å². The first-order chi connectivity index (χ1) is 8.97. The molecule has 100 valence electrons. The third kappa shape index (κ3) is 2.69. The summed E-state index contributed by atoms with van der Waals surface area (Å²) >= 11 is 5.42. The summed E-state index contributed by atoms with van der Waals surface area (Å²) in [4.78, 5) is 11.9. The second-order valence-electron chi connectivity index (χ2n) is 4.60. The Labute approximate surface area is 114 Å². The van der Waals surface area contributed by atoms with Crippen molar-refractivity contribution in [1.29, 1.82) is 5.26 Å². The summed E-state index contributed by atoms with van der Waals surface area (Å²) in [5.41, 5.74) is -1.41.